The third-order valence-corrected chi connectivity index (χ3v) is 4.59. The second kappa shape index (κ2) is 6.35. The van der Waals surface area contributed by atoms with Crippen LogP contribution in [0.1, 0.15) is 35.9 Å². The van der Waals surface area contributed by atoms with E-state index in [2.05, 4.69) is 12.2 Å². The Hall–Kier alpha value is -1.75. The summed E-state index contributed by atoms with van der Waals surface area (Å²) in [6.45, 7) is 4.15. The molecule has 0 aliphatic carbocycles. The predicted molar refractivity (Wildman–Crippen MR) is 84.7 cm³/mol. The van der Waals surface area contributed by atoms with Gasteiger partial charge in [0.15, 0.2) is 5.75 Å². The number of hydrogen-bond donors (Lipinski definition) is 1. The molecule has 0 unspecified atom stereocenters. The summed E-state index contributed by atoms with van der Waals surface area (Å²) in [6.07, 6.45) is 2.98. The normalized spacial score (nSPS) is 14.8. The molecule has 1 aliphatic rings. The number of carbonyl (C=O) groups is 1. The molecule has 5 heteroatoms. The zero-order chi connectivity index (χ0) is 14.7. The van der Waals surface area contributed by atoms with Gasteiger partial charge in [-0.2, -0.15) is 0 Å². The van der Waals surface area contributed by atoms with E-state index in [9.17, 15) is 4.79 Å². The van der Waals surface area contributed by atoms with Crippen molar-refractivity contribution in [1.29, 1.82) is 0 Å². The third-order valence-electron chi connectivity index (χ3n) is 3.44. The first kappa shape index (κ1) is 14.2. The monoisotopic (exact) mass is 305 g/mol. The van der Waals surface area contributed by atoms with E-state index < -0.39 is 0 Å². The quantitative estimate of drug-likeness (QED) is 0.878. The van der Waals surface area contributed by atoms with E-state index in [1.54, 1.807) is 0 Å². The minimum absolute atomic E-state index is 0.0423. The molecule has 1 aliphatic heterocycles. The molecule has 21 heavy (non-hydrogen) atoms. The standard InChI is InChI=1S/C16H19NO3S/c1-2-3-8-19-11-5-6-13-12(10-11)14-15(21-13)16(18)17-7-4-9-20-14/h5-6,10H,2-4,7-9H2,1H3,(H,17,18). The summed E-state index contributed by atoms with van der Waals surface area (Å²) in [5, 5.41) is 3.89. The van der Waals surface area contributed by atoms with Crippen LogP contribution in [0.2, 0.25) is 0 Å². The van der Waals surface area contributed by atoms with Crippen molar-refractivity contribution >= 4 is 27.3 Å². The van der Waals surface area contributed by atoms with E-state index in [0.717, 1.165) is 41.7 Å². The van der Waals surface area contributed by atoms with Crippen LogP contribution < -0.4 is 14.8 Å². The summed E-state index contributed by atoms with van der Waals surface area (Å²) in [5.74, 6) is 1.50. The van der Waals surface area contributed by atoms with E-state index >= 15 is 0 Å². The van der Waals surface area contributed by atoms with Crippen molar-refractivity contribution in [2.24, 2.45) is 0 Å². The Morgan fingerprint density at radius 1 is 1.43 bits per heavy atom. The van der Waals surface area contributed by atoms with Crippen LogP contribution in [0.4, 0.5) is 0 Å². The van der Waals surface area contributed by atoms with Gasteiger partial charge in [-0.25, -0.2) is 0 Å². The molecule has 1 N–H and O–H groups in total. The fourth-order valence-electron chi connectivity index (χ4n) is 2.30. The number of rotatable bonds is 4. The Balaban J connectivity index is 1.96. The maximum atomic E-state index is 12.1. The van der Waals surface area contributed by atoms with Crippen molar-refractivity contribution in [3.05, 3.63) is 23.1 Å². The van der Waals surface area contributed by atoms with Crippen molar-refractivity contribution in [3.63, 3.8) is 0 Å². The number of carbonyl (C=O) groups excluding carboxylic acids is 1. The van der Waals surface area contributed by atoms with Gasteiger partial charge in [-0.1, -0.05) is 13.3 Å². The van der Waals surface area contributed by atoms with Gasteiger partial charge in [0, 0.05) is 16.6 Å². The fourth-order valence-corrected chi connectivity index (χ4v) is 3.34. The van der Waals surface area contributed by atoms with Crippen molar-refractivity contribution in [2.75, 3.05) is 19.8 Å². The molecule has 1 amide bonds. The van der Waals surface area contributed by atoms with Crippen LogP contribution in [-0.2, 0) is 0 Å². The highest BCUT2D eigenvalue weighted by Crippen LogP contribution is 2.40. The molecule has 4 nitrogen and oxygen atoms in total. The molecule has 0 saturated carbocycles. The molecule has 2 heterocycles. The summed E-state index contributed by atoms with van der Waals surface area (Å²) in [4.78, 5) is 12.8. The molecular formula is C16H19NO3S. The van der Waals surface area contributed by atoms with Crippen LogP contribution in [0.25, 0.3) is 10.1 Å². The van der Waals surface area contributed by atoms with E-state index in [1.807, 2.05) is 18.2 Å². The van der Waals surface area contributed by atoms with Gasteiger partial charge >= 0.3 is 0 Å². The van der Waals surface area contributed by atoms with Crippen molar-refractivity contribution in [3.8, 4) is 11.5 Å². The molecule has 0 saturated heterocycles. The molecule has 0 fully saturated rings. The Morgan fingerprint density at radius 3 is 3.19 bits per heavy atom. The highest BCUT2D eigenvalue weighted by Gasteiger charge is 2.21. The van der Waals surface area contributed by atoms with Crippen molar-refractivity contribution < 1.29 is 14.3 Å². The molecule has 0 atom stereocenters. The minimum atomic E-state index is -0.0423. The van der Waals surface area contributed by atoms with Crippen LogP contribution in [0.3, 0.4) is 0 Å². The van der Waals surface area contributed by atoms with Gasteiger partial charge in [-0.05, 0) is 31.0 Å². The van der Waals surface area contributed by atoms with Crippen LogP contribution >= 0.6 is 11.3 Å². The lowest BCUT2D eigenvalue weighted by Crippen LogP contribution is -2.27. The fraction of sp³-hybridized carbons (Fsp3) is 0.438. The molecule has 0 spiro atoms. The highest BCUT2D eigenvalue weighted by molar-refractivity contribution is 7.21. The smallest absolute Gasteiger partial charge is 0.265 e. The zero-order valence-electron chi connectivity index (χ0n) is 12.1. The van der Waals surface area contributed by atoms with Crippen molar-refractivity contribution in [1.82, 2.24) is 5.32 Å². The molecule has 1 aromatic carbocycles. The molecule has 0 radical (unpaired) electrons. The number of hydrogen-bond acceptors (Lipinski definition) is 4. The number of ether oxygens (including phenoxy) is 2. The molecule has 2 aromatic rings. The van der Waals surface area contributed by atoms with Crippen LogP contribution in [0.5, 0.6) is 11.5 Å². The van der Waals surface area contributed by atoms with Gasteiger partial charge in [0.05, 0.1) is 13.2 Å². The molecule has 0 bridgehead atoms. The van der Waals surface area contributed by atoms with E-state index in [-0.39, 0.29) is 5.91 Å². The van der Waals surface area contributed by atoms with Crippen LogP contribution in [0.15, 0.2) is 18.2 Å². The summed E-state index contributed by atoms with van der Waals surface area (Å²) >= 11 is 1.47. The van der Waals surface area contributed by atoms with E-state index in [1.165, 1.54) is 11.3 Å². The SMILES string of the molecule is CCCCOc1ccc2sc3c(c2c1)OCCCNC3=O. The molecule has 3 rings (SSSR count). The number of benzene rings is 1. The lowest BCUT2D eigenvalue weighted by Gasteiger charge is -2.12. The van der Waals surface area contributed by atoms with Gasteiger partial charge in [0.2, 0.25) is 0 Å². The summed E-state index contributed by atoms with van der Waals surface area (Å²) in [5.41, 5.74) is 0. The average molecular weight is 305 g/mol. The van der Waals surface area contributed by atoms with Gasteiger partial charge in [0.1, 0.15) is 10.6 Å². The first-order valence-electron chi connectivity index (χ1n) is 7.40. The number of nitrogens with one attached hydrogen (secondary N) is 1. The number of fused-ring (bicyclic) bond motifs is 3. The van der Waals surface area contributed by atoms with Gasteiger partial charge in [-0.3, -0.25) is 4.79 Å². The third kappa shape index (κ3) is 2.97. The molecule has 112 valence electrons. The van der Waals surface area contributed by atoms with Gasteiger partial charge < -0.3 is 14.8 Å². The zero-order valence-corrected chi connectivity index (χ0v) is 12.9. The summed E-state index contributed by atoms with van der Waals surface area (Å²) in [7, 11) is 0. The Bertz CT molecular complexity index is 650. The molecule has 1 aromatic heterocycles. The number of amides is 1. The maximum Gasteiger partial charge on any atom is 0.265 e. The van der Waals surface area contributed by atoms with Crippen LogP contribution in [-0.4, -0.2) is 25.7 Å². The number of unbranched alkanes of at least 4 members (excludes halogenated alkanes) is 1. The topological polar surface area (TPSA) is 47.6 Å². The second-order valence-electron chi connectivity index (χ2n) is 5.08. The Kier molecular flexibility index (Phi) is 4.29. The largest absolute Gasteiger partial charge is 0.494 e. The molecular weight excluding hydrogens is 286 g/mol. The average Bonchev–Trinajstić information content (AvgIpc) is 2.83. The Morgan fingerprint density at radius 2 is 2.33 bits per heavy atom. The first-order valence-corrected chi connectivity index (χ1v) is 8.21. The van der Waals surface area contributed by atoms with E-state index in [0.29, 0.717) is 23.8 Å². The van der Waals surface area contributed by atoms with E-state index in [4.69, 9.17) is 9.47 Å². The van der Waals surface area contributed by atoms with Crippen LogP contribution in [0, 0.1) is 0 Å². The van der Waals surface area contributed by atoms with Gasteiger partial charge in [0.25, 0.3) is 5.91 Å². The second-order valence-corrected chi connectivity index (χ2v) is 6.13. The maximum absolute atomic E-state index is 12.1. The predicted octanol–water partition coefficient (Wildman–Crippen LogP) is 3.59. The summed E-state index contributed by atoms with van der Waals surface area (Å²) < 4.78 is 12.6. The highest BCUT2D eigenvalue weighted by atomic mass is 32.1. The summed E-state index contributed by atoms with van der Waals surface area (Å²) in [6, 6.07) is 5.94. The number of thiophene rings is 1. The lowest BCUT2D eigenvalue weighted by molar-refractivity contribution is 0.0945. The Labute approximate surface area is 128 Å². The van der Waals surface area contributed by atoms with Crippen molar-refractivity contribution in [2.45, 2.75) is 26.2 Å². The lowest BCUT2D eigenvalue weighted by atomic mass is 10.2. The first-order chi connectivity index (χ1) is 10.3. The van der Waals surface area contributed by atoms with Gasteiger partial charge in [-0.15, -0.1) is 11.3 Å². The minimum Gasteiger partial charge on any atom is -0.494 e.